The lowest BCUT2D eigenvalue weighted by Crippen LogP contribution is -2.51. The molecule has 1 saturated heterocycles. The molecule has 3 amide bonds. The number of nitrogens with one attached hydrogen (secondary N) is 3. The number of nitrogens with zero attached hydrogens (tertiary/aromatic N) is 1. The van der Waals surface area contributed by atoms with Crippen molar-refractivity contribution in [2.24, 2.45) is 0 Å². The van der Waals surface area contributed by atoms with Gasteiger partial charge in [0.25, 0.3) is 0 Å². The summed E-state index contributed by atoms with van der Waals surface area (Å²) in [5.41, 5.74) is 0.929. The molecule has 27 heavy (non-hydrogen) atoms. The van der Waals surface area contributed by atoms with Crippen molar-refractivity contribution >= 4 is 34.2 Å². The summed E-state index contributed by atoms with van der Waals surface area (Å²) in [7, 11) is 0. The van der Waals surface area contributed by atoms with Gasteiger partial charge in [0.15, 0.2) is 0 Å². The summed E-state index contributed by atoms with van der Waals surface area (Å²) in [6, 6.07) is 8.54. The second kappa shape index (κ2) is 8.63. The standard InChI is InChI=1S/C18H20N4O4S/c1-2-26-17(24)16-19-10-14(27-16)22-18(25)20-12-8-9-13(23)21-15(12)11-6-4-3-5-7-11/h3-7,10,12,15H,2,8-9H2,1H3,(H,21,23)(H2,20,22,25)/t12-,15+/m0/s1. The molecule has 3 N–H and O–H groups in total. The van der Waals surface area contributed by atoms with Crippen LogP contribution in [0.25, 0.3) is 0 Å². The first-order chi connectivity index (χ1) is 13.1. The Morgan fingerprint density at radius 3 is 2.85 bits per heavy atom. The van der Waals surface area contributed by atoms with Crippen LogP contribution >= 0.6 is 11.3 Å². The molecule has 142 valence electrons. The van der Waals surface area contributed by atoms with Gasteiger partial charge in [0.2, 0.25) is 10.9 Å². The normalized spacial score (nSPS) is 19.1. The van der Waals surface area contributed by atoms with Crippen LogP contribution in [-0.4, -0.2) is 35.5 Å². The largest absolute Gasteiger partial charge is 0.461 e. The predicted octanol–water partition coefficient (Wildman–Crippen LogP) is 2.46. The second-order valence-corrected chi connectivity index (χ2v) is 6.98. The molecule has 1 aromatic carbocycles. The maximum absolute atomic E-state index is 12.4. The van der Waals surface area contributed by atoms with E-state index in [0.29, 0.717) is 17.8 Å². The number of carbonyl (C=O) groups excluding carboxylic acids is 3. The van der Waals surface area contributed by atoms with E-state index in [2.05, 4.69) is 20.9 Å². The van der Waals surface area contributed by atoms with E-state index < -0.39 is 12.0 Å². The van der Waals surface area contributed by atoms with E-state index in [1.165, 1.54) is 6.20 Å². The van der Waals surface area contributed by atoms with E-state index >= 15 is 0 Å². The van der Waals surface area contributed by atoms with Crippen LogP contribution in [0, 0.1) is 0 Å². The Morgan fingerprint density at radius 2 is 2.11 bits per heavy atom. The van der Waals surface area contributed by atoms with E-state index in [4.69, 9.17) is 4.74 Å². The fourth-order valence-electron chi connectivity index (χ4n) is 2.87. The third-order valence-corrected chi connectivity index (χ3v) is 4.96. The molecule has 0 aliphatic carbocycles. The highest BCUT2D eigenvalue weighted by Crippen LogP contribution is 2.25. The number of thiazole rings is 1. The summed E-state index contributed by atoms with van der Waals surface area (Å²) in [6.45, 7) is 1.97. The van der Waals surface area contributed by atoms with Crippen molar-refractivity contribution in [1.82, 2.24) is 15.6 Å². The quantitative estimate of drug-likeness (QED) is 0.682. The highest BCUT2D eigenvalue weighted by molar-refractivity contribution is 7.17. The number of hydrogen-bond acceptors (Lipinski definition) is 6. The lowest BCUT2D eigenvalue weighted by molar-refractivity contribution is -0.123. The number of anilines is 1. The van der Waals surface area contributed by atoms with Crippen LogP contribution in [0.1, 0.15) is 41.2 Å². The molecular weight excluding hydrogens is 368 g/mol. The first kappa shape index (κ1) is 18.8. The van der Waals surface area contributed by atoms with E-state index in [1.54, 1.807) is 6.92 Å². The highest BCUT2D eigenvalue weighted by atomic mass is 32.1. The van der Waals surface area contributed by atoms with Crippen LogP contribution in [0.5, 0.6) is 0 Å². The van der Waals surface area contributed by atoms with Gasteiger partial charge < -0.3 is 15.4 Å². The molecule has 0 radical (unpaired) electrons. The molecule has 2 aromatic rings. The van der Waals surface area contributed by atoms with Gasteiger partial charge in [-0.1, -0.05) is 41.7 Å². The van der Waals surface area contributed by atoms with Crippen LogP contribution < -0.4 is 16.0 Å². The topological polar surface area (TPSA) is 109 Å². The summed E-state index contributed by atoms with van der Waals surface area (Å²) in [4.78, 5) is 39.8. The molecule has 1 aromatic heterocycles. The number of rotatable bonds is 5. The minimum atomic E-state index is -0.518. The molecule has 0 unspecified atom stereocenters. The number of piperidine rings is 1. The summed E-state index contributed by atoms with van der Waals surface area (Å²) in [5.74, 6) is -0.557. The molecular formula is C18H20N4O4S. The van der Waals surface area contributed by atoms with Crippen LogP contribution in [0.4, 0.5) is 9.80 Å². The van der Waals surface area contributed by atoms with Gasteiger partial charge in [0.1, 0.15) is 5.00 Å². The number of ether oxygens (including phenoxy) is 1. The van der Waals surface area contributed by atoms with Crippen molar-refractivity contribution in [2.45, 2.75) is 31.8 Å². The Hall–Kier alpha value is -2.94. The van der Waals surface area contributed by atoms with Crippen molar-refractivity contribution in [3.05, 3.63) is 47.1 Å². The Bertz CT molecular complexity index is 824. The van der Waals surface area contributed by atoms with Crippen molar-refractivity contribution in [2.75, 3.05) is 11.9 Å². The van der Waals surface area contributed by atoms with Crippen molar-refractivity contribution < 1.29 is 19.1 Å². The highest BCUT2D eigenvalue weighted by Gasteiger charge is 2.31. The number of esters is 1. The lowest BCUT2D eigenvalue weighted by atomic mass is 9.92. The third-order valence-electron chi connectivity index (χ3n) is 4.07. The molecule has 1 aliphatic heterocycles. The molecule has 2 heterocycles. The number of amides is 3. The zero-order chi connectivity index (χ0) is 19.2. The fraction of sp³-hybridized carbons (Fsp3) is 0.333. The molecule has 0 spiro atoms. The number of urea groups is 1. The maximum atomic E-state index is 12.4. The molecule has 9 heteroatoms. The maximum Gasteiger partial charge on any atom is 0.367 e. The smallest absolute Gasteiger partial charge is 0.367 e. The van der Waals surface area contributed by atoms with Crippen molar-refractivity contribution in [3.63, 3.8) is 0 Å². The second-order valence-electron chi connectivity index (χ2n) is 5.95. The van der Waals surface area contributed by atoms with Gasteiger partial charge in [-0.3, -0.25) is 10.1 Å². The van der Waals surface area contributed by atoms with Gasteiger partial charge in [-0.25, -0.2) is 14.6 Å². The van der Waals surface area contributed by atoms with E-state index in [-0.39, 0.29) is 29.6 Å². The Balaban J connectivity index is 1.64. The third kappa shape index (κ3) is 4.82. The Morgan fingerprint density at radius 1 is 1.33 bits per heavy atom. The van der Waals surface area contributed by atoms with Crippen LogP contribution in [0.2, 0.25) is 0 Å². The summed E-state index contributed by atoms with van der Waals surface area (Å²) in [5, 5.41) is 9.12. The van der Waals surface area contributed by atoms with E-state index in [0.717, 1.165) is 16.9 Å². The van der Waals surface area contributed by atoms with Gasteiger partial charge in [-0.2, -0.15) is 0 Å². The van der Waals surface area contributed by atoms with E-state index in [9.17, 15) is 14.4 Å². The lowest BCUT2D eigenvalue weighted by Gasteiger charge is -2.33. The number of aromatic nitrogens is 1. The minimum Gasteiger partial charge on any atom is -0.461 e. The minimum absolute atomic E-state index is 0.0381. The monoisotopic (exact) mass is 388 g/mol. The zero-order valence-electron chi connectivity index (χ0n) is 14.7. The predicted molar refractivity (Wildman–Crippen MR) is 101 cm³/mol. The molecule has 0 bridgehead atoms. The molecule has 0 saturated carbocycles. The average Bonchev–Trinajstić information content (AvgIpc) is 3.12. The molecule has 1 fully saturated rings. The molecule has 8 nitrogen and oxygen atoms in total. The average molecular weight is 388 g/mol. The summed E-state index contributed by atoms with van der Waals surface area (Å²) >= 11 is 1.04. The number of carbonyl (C=O) groups is 3. The summed E-state index contributed by atoms with van der Waals surface area (Å²) in [6.07, 6.45) is 2.30. The molecule has 3 rings (SSSR count). The summed E-state index contributed by atoms with van der Waals surface area (Å²) < 4.78 is 4.88. The van der Waals surface area contributed by atoms with Gasteiger partial charge in [-0.15, -0.1) is 0 Å². The Labute approximate surface area is 160 Å². The van der Waals surface area contributed by atoms with Gasteiger partial charge in [0.05, 0.1) is 24.9 Å². The fourth-order valence-corrected chi connectivity index (χ4v) is 3.57. The molecule has 1 aliphatic rings. The van der Waals surface area contributed by atoms with Crippen LogP contribution in [0.15, 0.2) is 36.5 Å². The van der Waals surface area contributed by atoms with Crippen molar-refractivity contribution in [1.29, 1.82) is 0 Å². The first-order valence-electron chi connectivity index (χ1n) is 8.61. The van der Waals surface area contributed by atoms with E-state index in [1.807, 2.05) is 30.3 Å². The number of benzene rings is 1. The van der Waals surface area contributed by atoms with Gasteiger partial charge in [0, 0.05) is 6.42 Å². The van der Waals surface area contributed by atoms with Crippen LogP contribution in [0.3, 0.4) is 0 Å². The van der Waals surface area contributed by atoms with Gasteiger partial charge in [-0.05, 0) is 18.9 Å². The van der Waals surface area contributed by atoms with Gasteiger partial charge >= 0.3 is 12.0 Å². The molecule has 2 atom stereocenters. The first-order valence-corrected chi connectivity index (χ1v) is 9.43. The SMILES string of the molecule is CCOC(=O)c1ncc(NC(=O)N[C@H]2CCC(=O)N[C@@H]2c2ccccc2)s1. The van der Waals surface area contributed by atoms with Crippen LogP contribution in [-0.2, 0) is 9.53 Å². The zero-order valence-corrected chi connectivity index (χ0v) is 15.5. The Kier molecular flexibility index (Phi) is 6.02. The van der Waals surface area contributed by atoms with Crippen molar-refractivity contribution in [3.8, 4) is 0 Å². The number of hydrogen-bond donors (Lipinski definition) is 3.